The monoisotopic (exact) mass is 519 g/mol. The molecule has 10 heteroatoms. The molecule has 0 aromatic heterocycles. The summed E-state index contributed by atoms with van der Waals surface area (Å²) in [6.07, 6.45) is 1.38. The Bertz CT molecular complexity index is 1320. The van der Waals surface area contributed by atoms with Crippen LogP contribution in [0.4, 0.5) is 15.8 Å². The Hall–Kier alpha value is -5.04. The van der Waals surface area contributed by atoms with E-state index in [0.717, 1.165) is 0 Å². The van der Waals surface area contributed by atoms with Gasteiger partial charge in [-0.15, -0.1) is 0 Å². The zero-order chi connectivity index (χ0) is 27.5. The number of methoxy groups -OCH3 is 2. The third-order valence-electron chi connectivity index (χ3n) is 5.03. The molecule has 2 N–H and O–H groups in total. The van der Waals surface area contributed by atoms with Gasteiger partial charge in [0, 0.05) is 18.3 Å². The van der Waals surface area contributed by atoms with E-state index in [2.05, 4.69) is 10.6 Å². The van der Waals surface area contributed by atoms with Crippen molar-refractivity contribution in [2.75, 3.05) is 38.1 Å². The summed E-state index contributed by atoms with van der Waals surface area (Å²) in [5.41, 5.74) is 1.30. The van der Waals surface area contributed by atoms with Crippen LogP contribution < -0.4 is 29.6 Å². The smallest absolute Gasteiger partial charge is 0.266 e. The molecule has 9 nitrogen and oxygen atoms in total. The molecule has 0 heterocycles. The van der Waals surface area contributed by atoms with E-state index in [-0.39, 0.29) is 24.7 Å². The molecule has 2 amide bonds. The van der Waals surface area contributed by atoms with E-state index < -0.39 is 11.7 Å². The van der Waals surface area contributed by atoms with Gasteiger partial charge in [-0.05, 0) is 72.3 Å². The highest BCUT2D eigenvalue weighted by atomic mass is 19.1. The SMILES string of the molecule is COc1cc(C=C(C#N)C(=O)Nc2ccc(F)cc2)cc(OC)c1OCCOc1ccc(NC(C)=O)cc1. The first-order chi connectivity index (χ1) is 18.3. The molecule has 0 aliphatic heterocycles. The lowest BCUT2D eigenvalue weighted by atomic mass is 10.1. The highest BCUT2D eigenvalue weighted by Gasteiger charge is 2.16. The molecule has 3 rings (SSSR count). The standard InChI is InChI=1S/C28H26FN3O6/c1-18(33)31-22-8-10-24(11-9-22)37-12-13-38-27-25(35-2)15-19(16-26(27)36-3)14-20(17-30)28(34)32-23-6-4-21(29)5-7-23/h4-11,14-16H,12-13H2,1-3H3,(H,31,33)(H,32,34). The summed E-state index contributed by atoms with van der Waals surface area (Å²) in [6.45, 7) is 1.82. The molecule has 0 unspecified atom stereocenters. The Morgan fingerprint density at radius 2 is 1.45 bits per heavy atom. The molecule has 0 spiro atoms. The van der Waals surface area contributed by atoms with Crippen molar-refractivity contribution in [1.82, 2.24) is 0 Å². The van der Waals surface area contributed by atoms with Crippen LogP contribution >= 0.6 is 0 Å². The van der Waals surface area contributed by atoms with Gasteiger partial charge in [0.25, 0.3) is 5.91 Å². The largest absolute Gasteiger partial charge is 0.493 e. The molecular weight excluding hydrogens is 493 g/mol. The molecule has 38 heavy (non-hydrogen) atoms. The molecule has 0 aliphatic carbocycles. The Kier molecular flexibility index (Phi) is 9.65. The van der Waals surface area contributed by atoms with Gasteiger partial charge >= 0.3 is 0 Å². The lowest BCUT2D eigenvalue weighted by Gasteiger charge is -2.16. The highest BCUT2D eigenvalue weighted by Crippen LogP contribution is 2.39. The normalized spacial score (nSPS) is 10.7. The average molecular weight is 520 g/mol. The van der Waals surface area contributed by atoms with Gasteiger partial charge in [-0.25, -0.2) is 4.39 Å². The van der Waals surface area contributed by atoms with E-state index in [1.54, 1.807) is 36.4 Å². The summed E-state index contributed by atoms with van der Waals surface area (Å²) >= 11 is 0. The second kappa shape index (κ2) is 13.3. The van der Waals surface area contributed by atoms with Crippen LogP contribution in [0.2, 0.25) is 0 Å². The fourth-order valence-corrected chi connectivity index (χ4v) is 3.31. The van der Waals surface area contributed by atoms with Crippen molar-refractivity contribution in [2.24, 2.45) is 0 Å². The summed E-state index contributed by atoms with van der Waals surface area (Å²) in [7, 11) is 2.91. The number of amides is 2. The minimum absolute atomic E-state index is 0.159. The Balaban J connectivity index is 1.68. The van der Waals surface area contributed by atoms with Crippen molar-refractivity contribution in [3.05, 3.63) is 77.6 Å². The van der Waals surface area contributed by atoms with Gasteiger partial charge in [0.15, 0.2) is 11.5 Å². The lowest BCUT2D eigenvalue weighted by Crippen LogP contribution is -2.13. The fraction of sp³-hybridized carbons (Fsp3) is 0.179. The second-order valence-corrected chi connectivity index (χ2v) is 7.79. The van der Waals surface area contributed by atoms with E-state index in [9.17, 15) is 19.2 Å². The van der Waals surface area contributed by atoms with Crippen molar-refractivity contribution in [1.29, 1.82) is 5.26 Å². The molecule has 0 radical (unpaired) electrons. The molecule has 3 aromatic rings. The van der Waals surface area contributed by atoms with Crippen LogP contribution in [0.15, 0.2) is 66.2 Å². The van der Waals surface area contributed by atoms with E-state index in [4.69, 9.17) is 18.9 Å². The lowest BCUT2D eigenvalue weighted by molar-refractivity contribution is -0.114. The summed E-state index contributed by atoms with van der Waals surface area (Å²) in [6, 6.07) is 17.2. The van der Waals surface area contributed by atoms with E-state index >= 15 is 0 Å². The van der Waals surface area contributed by atoms with Crippen LogP contribution in [0.25, 0.3) is 6.08 Å². The molecule has 196 valence electrons. The first-order valence-corrected chi connectivity index (χ1v) is 11.4. The van der Waals surface area contributed by atoms with Gasteiger partial charge in [-0.3, -0.25) is 9.59 Å². The summed E-state index contributed by atoms with van der Waals surface area (Å²) < 4.78 is 35.5. The number of benzene rings is 3. The number of hydrogen-bond donors (Lipinski definition) is 2. The summed E-state index contributed by atoms with van der Waals surface area (Å²) in [5, 5.41) is 14.8. The molecule has 0 atom stereocenters. The molecule has 0 saturated heterocycles. The quantitative estimate of drug-likeness (QED) is 0.212. The van der Waals surface area contributed by atoms with Crippen LogP contribution in [-0.4, -0.2) is 39.2 Å². The average Bonchev–Trinajstić information content (AvgIpc) is 2.91. The van der Waals surface area contributed by atoms with E-state index in [1.165, 1.54) is 51.5 Å². The maximum atomic E-state index is 13.1. The molecular formula is C28H26FN3O6. The number of halogens is 1. The first kappa shape index (κ1) is 27.5. The summed E-state index contributed by atoms with van der Waals surface area (Å²) in [5.74, 6) is 0.326. The van der Waals surface area contributed by atoms with Crippen molar-refractivity contribution in [3.63, 3.8) is 0 Å². The zero-order valence-electron chi connectivity index (χ0n) is 21.0. The topological polar surface area (TPSA) is 119 Å². The van der Waals surface area contributed by atoms with E-state index in [0.29, 0.717) is 39.9 Å². The van der Waals surface area contributed by atoms with Crippen LogP contribution in [-0.2, 0) is 9.59 Å². The number of ether oxygens (including phenoxy) is 4. The number of hydrogen-bond acceptors (Lipinski definition) is 7. The number of carbonyl (C=O) groups excluding carboxylic acids is 2. The number of nitrogens with zero attached hydrogens (tertiary/aromatic N) is 1. The van der Waals surface area contributed by atoms with Gasteiger partial charge in [-0.1, -0.05) is 0 Å². The van der Waals surface area contributed by atoms with Crippen LogP contribution in [0.1, 0.15) is 12.5 Å². The van der Waals surface area contributed by atoms with Crippen molar-refractivity contribution in [2.45, 2.75) is 6.92 Å². The van der Waals surface area contributed by atoms with E-state index in [1.807, 2.05) is 6.07 Å². The van der Waals surface area contributed by atoms with Gasteiger partial charge in [0.05, 0.1) is 14.2 Å². The van der Waals surface area contributed by atoms with Crippen molar-refractivity contribution >= 4 is 29.3 Å². The van der Waals surface area contributed by atoms with Gasteiger partial charge < -0.3 is 29.6 Å². The predicted molar refractivity (Wildman–Crippen MR) is 140 cm³/mol. The molecule has 0 fully saturated rings. The van der Waals surface area contributed by atoms with Gasteiger partial charge in [0.2, 0.25) is 11.7 Å². The molecule has 3 aromatic carbocycles. The summed E-state index contributed by atoms with van der Waals surface area (Å²) in [4.78, 5) is 23.7. The van der Waals surface area contributed by atoms with Crippen LogP contribution in [0.3, 0.4) is 0 Å². The zero-order valence-corrected chi connectivity index (χ0v) is 21.0. The van der Waals surface area contributed by atoms with Crippen molar-refractivity contribution < 1.29 is 32.9 Å². The van der Waals surface area contributed by atoms with Crippen molar-refractivity contribution in [3.8, 4) is 29.1 Å². The number of nitriles is 1. The number of carbonyl (C=O) groups is 2. The van der Waals surface area contributed by atoms with Crippen LogP contribution in [0.5, 0.6) is 23.0 Å². The first-order valence-electron chi connectivity index (χ1n) is 11.4. The molecule has 0 bridgehead atoms. The fourth-order valence-electron chi connectivity index (χ4n) is 3.31. The Morgan fingerprint density at radius 3 is 2.00 bits per heavy atom. The number of anilines is 2. The Labute approximate surface area is 219 Å². The second-order valence-electron chi connectivity index (χ2n) is 7.79. The third-order valence-corrected chi connectivity index (χ3v) is 5.03. The number of rotatable bonds is 11. The predicted octanol–water partition coefficient (Wildman–Crippen LogP) is 4.80. The van der Waals surface area contributed by atoms with Gasteiger partial charge in [-0.2, -0.15) is 5.26 Å². The third kappa shape index (κ3) is 7.73. The minimum Gasteiger partial charge on any atom is -0.493 e. The highest BCUT2D eigenvalue weighted by molar-refractivity contribution is 6.09. The maximum absolute atomic E-state index is 13.1. The number of nitrogens with one attached hydrogen (secondary N) is 2. The Morgan fingerprint density at radius 1 is 0.895 bits per heavy atom. The van der Waals surface area contributed by atoms with Crippen LogP contribution in [0, 0.1) is 17.1 Å². The maximum Gasteiger partial charge on any atom is 0.266 e. The minimum atomic E-state index is -0.653. The molecule has 0 saturated carbocycles. The molecule has 0 aliphatic rings. The van der Waals surface area contributed by atoms with Gasteiger partial charge in [0.1, 0.15) is 36.4 Å².